The Kier molecular flexibility index (Phi) is 5.45. The van der Waals surface area contributed by atoms with Crippen molar-refractivity contribution in [3.8, 4) is 0 Å². The average Bonchev–Trinajstić information content (AvgIpc) is 2.65. The van der Waals surface area contributed by atoms with Crippen molar-refractivity contribution in [2.24, 2.45) is 7.05 Å². The zero-order chi connectivity index (χ0) is 12.0. The van der Waals surface area contributed by atoms with Crippen LogP contribution in [0.4, 0.5) is 0 Å². The molecule has 16 heavy (non-hydrogen) atoms. The third-order valence-corrected chi connectivity index (χ3v) is 2.56. The molecule has 1 heterocycles. The highest BCUT2D eigenvalue weighted by atomic mass is 16.5. The van der Waals surface area contributed by atoms with Gasteiger partial charge in [0.05, 0.1) is 12.8 Å². The molecule has 0 aliphatic rings. The maximum atomic E-state index is 8.94. The Hall–Kier alpha value is -0.910. The lowest BCUT2D eigenvalue weighted by Gasteiger charge is -2.21. The quantitative estimate of drug-likeness (QED) is 0.711. The van der Waals surface area contributed by atoms with Crippen molar-refractivity contribution in [2.45, 2.75) is 25.4 Å². The number of methoxy groups -OCH3 is 1. The van der Waals surface area contributed by atoms with Crippen LogP contribution in [0.15, 0.2) is 12.4 Å². The summed E-state index contributed by atoms with van der Waals surface area (Å²) in [6.45, 7) is 2.85. The van der Waals surface area contributed by atoms with Gasteiger partial charge in [-0.25, -0.2) is 0 Å². The number of aryl methyl sites for hydroxylation is 1. The maximum absolute atomic E-state index is 8.94. The van der Waals surface area contributed by atoms with Crippen LogP contribution < -0.4 is 5.32 Å². The molecule has 0 saturated carbocycles. The molecule has 0 saturated heterocycles. The second-order valence-electron chi connectivity index (χ2n) is 4.00. The second kappa shape index (κ2) is 6.62. The zero-order valence-corrected chi connectivity index (χ0v) is 10.2. The van der Waals surface area contributed by atoms with E-state index < -0.39 is 0 Å². The van der Waals surface area contributed by atoms with Crippen molar-refractivity contribution >= 4 is 0 Å². The van der Waals surface area contributed by atoms with Gasteiger partial charge in [-0.05, 0) is 13.3 Å². The van der Waals surface area contributed by atoms with Gasteiger partial charge in [-0.1, -0.05) is 0 Å². The minimum Gasteiger partial charge on any atom is -0.396 e. The minimum absolute atomic E-state index is 0.167. The number of ether oxygens (including phenoxy) is 1. The Morgan fingerprint density at radius 3 is 2.88 bits per heavy atom. The second-order valence-corrected chi connectivity index (χ2v) is 4.00. The largest absolute Gasteiger partial charge is 0.396 e. The Bertz CT molecular complexity index is 295. The van der Waals surface area contributed by atoms with E-state index in [-0.39, 0.29) is 18.7 Å². The molecular formula is C11H21N3O2. The van der Waals surface area contributed by atoms with E-state index in [1.54, 1.807) is 11.8 Å². The highest BCUT2D eigenvalue weighted by molar-refractivity contribution is 5.09. The van der Waals surface area contributed by atoms with Gasteiger partial charge in [0.1, 0.15) is 0 Å². The fourth-order valence-electron chi connectivity index (χ4n) is 1.69. The summed E-state index contributed by atoms with van der Waals surface area (Å²) >= 11 is 0. The van der Waals surface area contributed by atoms with Gasteiger partial charge >= 0.3 is 0 Å². The number of hydrogen-bond donors (Lipinski definition) is 2. The van der Waals surface area contributed by atoms with Gasteiger partial charge in [-0.2, -0.15) is 5.10 Å². The van der Waals surface area contributed by atoms with Crippen molar-refractivity contribution in [1.82, 2.24) is 15.1 Å². The van der Waals surface area contributed by atoms with Crippen LogP contribution in [0.1, 0.15) is 24.9 Å². The number of aliphatic hydroxyl groups excluding tert-OH is 1. The molecule has 0 aliphatic carbocycles. The first kappa shape index (κ1) is 13.2. The Labute approximate surface area is 96.4 Å². The highest BCUT2D eigenvalue weighted by Gasteiger charge is 2.13. The van der Waals surface area contributed by atoms with Crippen molar-refractivity contribution in [2.75, 3.05) is 20.3 Å². The molecule has 1 aromatic rings. The van der Waals surface area contributed by atoms with E-state index in [0.717, 1.165) is 5.56 Å². The third-order valence-electron chi connectivity index (χ3n) is 2.56. The Balaban J connectivity index is 2.50. The summed E-state index contributed by atoms with van der Waals surface area (Å²) in [5, 5.41) is 16.5. The van der Waals surface area contributed by atoms with Crippen molar-refractivity contribution in [3.05, 3.63) is 18.0 Å². The summed E-state index contributed by atoms with van der Waals surface area (Å²) < 4.78 is 6.89. The summed E-state index contributed by atoms with van der Waals surface area (Å²) in [5.41, 5.74) is 1.14. The first-order valence-electron chi connectivity index (χ1n) is 5.51. The average molecular weight is 227 g/mol. The molecule has 0 fully saturated rings. The highest BCUT2D eigenvalue weighted by Crippen LogP contribution is 2.12. The smallest absolute Gasteiger partial charge is 0.0616 e. The molecule has 0 amide bonds. The number of nitrogens with zero attached hydrogens (tertiary/aromatic N) is 2. The molecular weight excluding hydrogens is 206 g/mol. The third kappa shape index (κ3) is 3.92. The van der Waals surface area contributed by atoms with Crippen LogP contribution in [0.5, 0.6) is 0 Å². The van der Waals surface area contributed by atoms with E-state index in [0.29, 0.717) is 13.0 Å². The molecule has 0 aromatic carbocycles. The van der Waals surface area contributed by atoms with Crippen LogP contribution in [-0.2, 0) is 11.8 Å². The van der Waals surface area contributed by atoms with Gasteiger partial charge < -0.3 is 15.2 Å². The van der Waals surface area contributed by atoms with E-state index in [2.05, 4.69) is 17.3 Å². The van der Waals surface area contributed by atoms with E-state index in [1.807, 2.05) is 19.4 Å². The lowest BCUT2D eigenvalue weighted by molar-refractivity contribution is 0.143. The van der Waals surface area contributed by atoms with Crippen LogP contribution in [0.3, 0.4) is 0 Å². The van der Waals surface area contributed by atoms with Crippen LogP contribution >= 0.6 is 0 Å². The molecule has 5 heteroatoms. The summed E-state index contributed by atoms with van der Waals surface area (Å²) in [5.74, 6) is 0. The van der Waals surface area contributed by atoms with Crippen LogP contribution in [0, 0.1) is 0 Å². The summed E-state index contributed by atoms with van der Waals surface area (Å²) in [6, 6.07) is 0.380. The van der Waals surface area contributed by atoms with Crippen molar-refractivity contribution < 1.29 is 9.84 Å². The van der Waals surface area contributed by atoms with Gasteiger partial charge in [-0.15, -0.1) is 0 Å². The van der Waals surface area contributed by atoms with Crippen LogP contribution in [-0.4, -0.2) is 41.3 Å². The van der Waals surface area contributed by atoms with Gasteiger partial charge in [0.2, 0.25) is 0 Å². The van der Waals surface area contributed by atoms with Gasteiger partial charge in [-0.3, -0.25) is 4.68 Å². The summed E-state index contributed by atoms with van der Waals surface area (Å²) in [4.78, 5) is 0. The predicted molar refractivity (Wildman–Crippen MR) is 62.1 cm³/mol. The fraction of sp³-hybridized carbons (Fsp3) is 0.727. The predicted octanol–water partition coefficient (Wildman–Crippen LogP) is 0.468. The normalized spacial score (nSPS) is 15.0. The van der Waals surface area contributed by atoms with E-state index in [1.165, 1.54) is 0 Å². The van der Waals surface area contributed by atoms with E-state index in [9.17, 15) is 0 Å². The molecule has 92 valence electrons. The monoisotopic (exact) mass is 227 g/mol. The molecule has 0 radical (unpaired) electrons. The van der Waals surface area contributed by atoms with E-state index in [4.69, 9.17) is 9.84 Å². The van der Waals surface area contributed by atoms with E-state index >= 15 is 0 Å². The number of rotatable bonds is 7. The molecule has 0 aliphatic heterocycles. The molecule has 2 N–H and O–H groups in total. The lowest BCUT2D eigenvalue weighted by atomic mass is 10.1. The molecule has 5 nitrogen and oxygen atoms in total. The van der Waals surface area contributed by atoms with Gasteiger partial charge in [0, 0.05) is 44.6 Å². The number of nitrogens with one attached hydrogen (secondary N) is 1. The van der Waals surface area contributed by atoms with Crippen LogP contribution in [0.25, 0.3) is 0 Å². The molecule has 0 bridgehead atoms. The zero-order valence-electron chi connectivity index (χ0n) is 10.2. The molecule has 1 rings (SSSR count). The molecule has 2 atom stereocenters. The first-order valence-corrected chi connectivity index (χ1v) is 5.51. The summed E-state index contributed by atoms with van der Waals surface area (Å²) in [7, 11) is 3.57. The number of hydrogen-bond acceptors (Lipinski definition) is 4. The van der Waals surface area contributed by atoms with Crippen molar-refractivity contribution in [3.63, 3.8) is 0 Å². The first-order chi connectivity index (χ1) is 7.67. The Morgan fingerprint density at radius 2 is 2.38 bits per heavy atom. The Morgan fingerprint density at radius 1 is 1.62 bits per heavy atom. The van der Waals surface area contributed by atoms with Gasteiger partial charge in [0.25, 0.3) is 0 Å². The number of aliphatic hydroxyl groups is 1. The number of aromatic nitrogens is 2. The SMILES string of the molecule is COCC(CCO)NC(C)c1cnn(C)c1. The topological polar surface area (TPSA) is 59.3 Å². The summed E-state index contributed by atoms with van der Waals surface area (Å²) in [6.07, 6.45) is 4.53. The fourth-order valence-corrected chi connectivity index (χ4v) is 1.69. The molecule has 0 spiro atoms. The van der Waals surface area contributed by atoms with Gasteiger partial charge in [0.15, 0.2) is 0 Å². The maximum Gasteiger partial charge on any atom is 0.0616 e. The van der Waals surface area contributed by atoms with Crippen LogP contribution in [0.2, 0.25) is 0 Å². The standard InChI is InChI=1S/C11H21N3O2/c1-9(10-6-12-14(2)7-10)13-11(4-5-15)8-16-3/h6-7,9,11,13,15H,4-5,8H2,1-3H3. The van der Waals surface area contributed by atoms with Crippen molar-refractivity contribution in [1.29, 1.82) is 0 Å². The molecule has 2 unspecified atom stereocenters. The molecule has 1 aromatic heterocycles. The minimum atomic E-state index is 0.167. The lowest BCUT2D eigenvalue weighted by Crippen LogP contribution is -2.35.